The van der Waals surface area contributed by atoms with Crippen LogP contribution in [0.4, 0.5) is 0 Å². The summed E-state index contributed by atoms with van der Waals surface area (Å²) >= 11 is 3.51. The van der Waals surface area contributed by atoms with Crippen LogP contribution in [-0.4, -0.2) is 35.5 Å². The highest BCUT2D eigenvalue weighted by molar-refractivity contribution is 9.10. The van der Waals surface area contributed by atoms with Gasteiger partial charge in [0.2, 0.25) is 0 Å². The van der Waals surface area contributed by atoms with Crippen LogP contribution in [-0.2, 0) is 14.3 Å². The SMILES string of the molecule is COC(=O)C1=C(C)N(C)C(=O)C1=Cc1cc(C)n(-c2cccc(Br)c2)c1C. The van der Waals surface area contributed by atoms with Crippen molar-refractivity contribution in [1.29, 1.82) is 0 Å². The molecule has 0 aliphatic carbocycles. The third-order valence-corrected chi connectivity index (χ3v) is 5.39. The molecule has 0 fully saturated rings. The second kappa shape index (κ2) is 7.19. The standard InChI is InChI=1S/C21H21BrN2O3/c1-12-9-15(13(2)24(12)17-8-6-7-16(22)11-17)10-18-19(21(26)27-5)14(3)23(4)20(18)25/h6-11H,1-5H3. The van der Waals surface area contributed by atoms with Crippen molar-refractivity contribution in [2.75, 3.05) is 14.2 Å². The normalized spacial score (nSPS) is 15.9. The Labute approximate surface area is 167 Å². The van der Waals surface area contributed by atoms with Crippen molar-refractivity contribution in [2.45, 2.75) is 20.8 Å². The van der Waals surface area contributed by atoms with Gasteiger partial charge >= 0.3 is 5.97 Å². The number of esters is 1. The fourth-order valence-corrected chi connectivity index (χ4v) is 3.79. The molecule has 1 aromatic carbocycles. The van der Waals surface area contributed by atoms with E-state index in [9.17, 15) is 9.59 Å². The van der Waals surface area contributed by atoms with Crippen LogP contribution in [0.15, 0.2) is 51.6 Å². The number of nitrogens with zero attached hydrogens (tertiary/aromatic N) is 2. The molecule has 3 rings (SSSR count). The van der Waals surface area contributed by atoms with Gasteiger partial charge in [-0.2, -0.15) is 0 Å². The van der Waals surface area contributed by atoms with Gasteiger partial charge in [-0.3, -0.25) is 4.79 Å². The van der Waals surface area contributed by atoms with Gasteiger partial charge in [-0.1, -0.05) is 22.0 Å². The molecule has 1 aliphatic heterocycles. The molecular weight excluding hydrogens is 408 g/mol. The summed E-state index contributed by atoms with van der Waals surface area (Å²) in [7, 11) is 2.98. The Bertz CT molecular complexity index is 1010. The Morgan fingerprint density at radius 3 is 2.52 bits per heavy atom. The number of hydrogen-bond acceptors (Lipinski definition) is 3. The lowest BCUT2D eigenvalue weighted by atomic mass is 10.0. The summed E-state index contributed by atoms with van der Waals surface area (Å²) in [5, 5.41) is 0. The number of benzene rings is 1. The number of rotatable bonds is 3. The van der Waals surface area contributed by atoms with E-state index in [-0.39, 0.29) is 5.91 Å². The molecule has 6 heteroatoms. The van der Waals surface area contributed by atoms with E-state index in [0.717, 1.165) is 27.1 Å². The largest absolute Gasteiger partial charge is 0.465 e. The summed E-state index contributed by atoms with van der Waals surface area (Å²) in [6.07, 6.45) is 1.78. The molecule has 1 aliphatic rings. The van der Waals surface area contributed by atoms with Crippen molar-refractivity contribution in [2.24, 2.45) is 0 Å². The number of hydrogen-bond donors (Lipinski definition) is 0. The number of aryl methyl sites for hydroxylation is 1. The third kappa shape index (κ3) is 3.25. The van der Waals surface area contributed by atoms with Gasteiger partial charge in [0.25, 0.3) is 5.91 Å². The second-order valence-electron chi connectivity index (χ2n) is 6.52. The molecule has 27 heavy (non-hydrogen) atoms. The molecule has 0 radical (unpaired) electrons. The second-order valence-corrected chi connectivity index (χ2v) is 7.43. The molecule has 1 amide bonds. The van der Waals surface area contributed by atoms with Crippen LogP contribution in [0.5, 0.6) is 0 Å². The first-order valence-corrected chi connectivity index (χ1v) is 9.29. The Balaban J connectivity index is 2.14. The minimum absolute atomic E-state index is 0.208. The van der Waals surface area contributed by atoms with Gasteiger partial charge < -0.3 is 14.2 Å². The van der Waals surface area contributed by atoms with Crippen LogP contribution >= 0.6 is 15.9 Å². The van der Waals surface area contributed by atoms with Crippen molar-refractivity contribution in [3.05, 3.63) is 68.6 Å². The Kier molecular flexibility index (Phi) is 5.11. The van der Waals surface area contributed by atoms with Crippen molar-refractivity contribution in [1.82, 2.24) is 9.47 Å². The minimum atomic E-state index is -0.503. The van der Waals surface area contributed by atoms with Gasteiger partial charge in [0.15, 0.2) is 0 Å². The molecule has 0 spiro atoms. The monoisotopic (exact) mass is 428 g/mol. The average Bonchev–Trinajstić information content (AvgIpc) is 3.03. The van der Waals surface area contributed by atoms with Crippen LogP contribution in [0, 0.1) is 13.8 Å². The zero-order valence-electron chi connectivity index (χ0n) is 16.0. The number of aromatic nitrogens is 1. The highest BCUT2D eigenvalue weighted by Crippen LogP contribution is 2.32. The summed E-state index contributed by atoms with van der Waals surface area (Å²) in [6.45, 7) is 5.76. The summed E-state index contributed by atoms with van der Waals surface area (Å²) in [5.41, 5.74) is 5.21. The Morgan fingerprint density at radius 1 is 1.19 bits per heavy atom. The van der Waals surface area contributed by atoms with Gasteiger partial charge in [0, 0.05) is 34.3 Å². The van der Waals surface area contributed by atoms with E-state index in [0.29, 0.717) is 16.8 Å². The molecule has 0 atom stereocenters. The van der Waals surface area contributed by atoms with E-state index in [1.54, 1.807) is 20.0 Å². The van der Waals surface area contributed by atoms with E-state index in [1.165, 1.54) is 12.0 Å². The Hall–Kier alpha value is -2.60. The molecule has 0 saturated heterocycles. The number of carbonyl (C=O) groups is 2. The predicted molar refractivity (Wildman–Crippen MR) is 108 cm³/mol. The van der Waals surface area contributed by atoms with Crippen molar-refractivity contribution in [3.63, 3.8) is 0 Å². The van der Waals surface area contributed by atoms with Crippen LogP contribution in [0.2, 0.25) is 0 Å². The number of methoxy groups -OCH3 is 1. The molecule has 0 saturated carbocycles. The van der Waals surface area contributed by atoms with Crippen LogP contribution < -0.4 is 0 Å². The molecule has 2 heterocycles. The number of allylic oxidation sites excluding steroid dienone is 1. The number of halogens is 1. The first kappa shape index (κ1) is 19.2. The van der Waals surface area contributed by atoms with Crippen LogP contribution in [0.25, 0.3) is 11.8 Å². The van der Waals surface area contributed by atoms with E-state index >= 15 is 0 Å². The van der Waals surface area contributed by atoms with Gasteiger partial charge in [0.1, 0.15) is 0 Å². The van der Waals surface area contributed by atoms with E-state index in [2.05, 4.69) is 20.5 Å². The van der Waals surface area contributed by atoms with Crippen LogP contribution in [0.3, 0.4) is 0 Å². The maximum absolute atomic E-state index is 12.7. The molecule has 0 N–H and O–H groups in total. The van der Waals surface area contributed by atoms with Gasteiger partial charge in [0.05, 0.1) is 18.3 Å². The van der Waals surface area contributed by atoms with Crippen molar-refractivity contribution >= 4 is 33.9 Å². The van der Waals surface area contributed by atoms with E-state index < -0.39 is 5.97 Å². The zero-order valence-corrected chi connectivity index (χ0v) is 17.5. The molecule has 140 valence electrons. The van der Waals surface area contributed by atoms with Gasteiger partial charge in [-0.25, -0.2) is 4.79 Å². The van der Waals surface area contributed by atoms with E-state index in [4.69, 9.17) is 4.74 Å². The average molecular weight is 429 g/mol. The molecule has 5 nitrogen and oxygen atoms in total. The van der Waals surface area contributed by atoms with Crippen LogP contribution in [0.1, 0.15) is 23.9 Å². The third-order valence-electron chi connectivity index (χ3n) is 4.90. The number of carbonyl (C=O) groups excluding carboxylic acids is 2. The fourth-order valence-electron chi connectivity index (χ4n) is 3.40. The topological polar surface area (TPSA) is 51.5 Å². The first-order chi connectivity index (χ1) is 12.8. The quantitative estimate of drug-likeness (QED) is 0.544. The highest BCUT2D eigenvalue weighted by atomic mass is 79.9. The Morgan fingerprint density at radius 2 is 1.89 bits per heavy atom. The van der Waals surface area contributed by atoms with E-state index in [1.807, 2.05) is 44.2 Å². The maximum Gasteiger partial charge on any atom is 0.340 e. The zero-order chi connectivity index (χ0) is 19.9. The number of likely N-dealkylation sites (N-methyl/N-ethyl adjacent to an activating group) is 1. The number of amides is 1. The molecule has 2 aromatic rings. The molecule has 1 aromatic heterocycles. The lowest BCUT2D eigenvalue weighted by Crippen LogP contribution is -2.19. The van der Waals surface area contributed by atoms with Gasteiger partial charge in [-0.15, -0.1) is 0 Å². The summed E-state index contributed by atoms with van der Waals surface area (Å²) in [5.74, 6) is -0.711. The van der Waals surface area contributed by atoms with Gasteiger partial charge in [-0.05, 0) is 56.7 Å². The summed E-state index contributed by atoms with van der Waals surface area (Å²) in [6, 6.07) is 10.0. The lowest BCUT2D eigenvalue weighted by molar-refractivity contribution is -0.136. The maximum atomic E-state index is 12.7. The smallest absolute Gasteiger partial charge is 0.340 e. The van der Waals surface area contributed by atoms with Crippen molar-refractivity contribution < 1.29 is 14.3 Å². The first-order valence-electron chi connectivity index (χ1n) is 8.50. The summed E-state index contributed by atoms with van der Waals surface area (Å²) < 4.78 is 8.00. The van der Waals surface area contributed by atoms with Crippen molar-refractivity contribution in [3.8, 4) is 5.69 Å². The molecular formula is C21H21BrN2O3. The lowest BCUT2D eigenvalue weighted by Gasteiger charge is -2.10. The minimum Gasteiger partial charge on any atom is -0.465 e. The fraction of sp³-hybridized carbons (Fsp3) is 0.238. The molecule has 0 bridgehead atoms. The number of ether oxygens (including phenoxy) is 1. The predicted octanol–water partition coefficient (Wildman–Crippen LogP) is 4.16. The molecule has 0 unspecified atom stereocenters. The highest BCUT2D eigenvalue weighted by Gasteiger charge is 2.35. The summed E-state index contributed by atoms with van der Waals surface area (Å²) in [4.78, 5) is 26.4.